The monoisotopic (exact) mass is 367 g/mol. The lowest BCUT2D eigenvalue weighted by Crippen LogP contribution is -2.42. The van der Waals surface area contributed by atoms with E-state index in [9.17, 15) is 4.79 Å². The number of halogens is 1. The third-order valence-corrected chi connectivity index (χ3v) is 6.03. The Kier molecular flexibility index (Phi) is 6.34. The van der Waals surface area contributed by atoms with Crippen LogP contribution in [0, 0.1) is 5.92 Å². The molecule has 25 heavy (non-hydrogen) atoms. The number of amides is 1. The predicted octanol–water partition coefficient (Wildman–Crippen LogP) is 2.48. The number of piperidine rings is 1. The first-order valence-corrected chi connectivity index (χ1v) is 9.74. The van der Waals surface area contributed by atoms with Crippen LogP contribution in [0.4, 0.5) is 0 Å². The third-order valence-electron chi connectivity index (χ3n) is 6.03. The molecule has 1 N–H and O–H groups in total. The summed E-state index contributed by atoms with van der Waals surface area (Å²) in [4.78, 5) is 14.9. The van der Waals surface area contributed by atoms with E-state index in [2.05, 4.69) is 25.0 Å². The normalized spacial score (nSPS) is 22.8. The zero-order chi connectivity index (χ0) is 16.4. The van der Waals surface area contributed by atoms with Gasteiger partial charge in [-0.15, -0.1) is 22.6 Å². The van der Waals surface area contributed by atoms with Crippen LogP contribution in [0.15, 0.2) is 0 Å². The Morgan fingerprint density at radius 1 is 0.960 bits per heavy atom. The number of carbonyl (C=O) groups is 1. The summed E-state index contributed by atoms with van der Waals surface area (Å²) in [7, 11) is 0. The van der Waals surface area contributed by atoms with Crippen molar-refractivity contribution < 1.29 is 4.79 Å². The molecule has 0 spiro atoms. The minimum Gasteiger partial charge on any atom is -0.342 e. The molecule has 7 heteroatoms. The maximum Gasteiger partial charge on any atom is 0.225 e. The third kappa shape index (κ3) is 4.00. The van der Waals surface area contributed by atoms with Crippen LogP contribution in [0.25, 0.3) is 0 Å². The molecule has 0 atom stereocenters. The highest BCUT2D eigenvalue weighted by Gasteiger charge is 2.31. The van der Waals surface area contributed by atoms with Crippen molar-refractivity contribution in [2.75, 3.05) is 19.6 Å². The minimum atomic E-state index is 0. The van der Waals surface area contributed by atoms with Crippen molar-refractivity contribution in [3.05, 3.63) is 11.6 Å². The van der Waals surface area contributed by atoms with Crippen LogP contribution < -0.4 is 5.32 Å². The van der Waals surface area contributed by atoms with Crippen LogP contribution in [-0.2, 0) is 17.9 Å². The molecule has 3 aliphatic rings. The highest BCUT2D eigenvalue weighted by molar-refractivity contribution is 5.85. The summed E-state index contributed by atoms with van der Waals surface area (Å²) in [5, 5.41) is 12.1. The summed E-state index contributed by atoms with van der Waals surface area (Å²) >= 11 is 0. The Morgan fingerprint density at radius 3 is 2.40 bits per heavy atom. The molecule has 1 saturated carbocycles. The number of fused-ring (bicyclic) bond motifs is 1. The number of carbonyl (C=O) groups excluding carboxylic acids is 1. The number of hydrogen-bond donors (Lipinski definition) is 1. The first-order chi connectivity index (χ1) is 11.8. The fourth-order valence-electron chi connectivity index (χ4n) is 4.56. The van der Waals surface area contributed by atoms with E-state index in [1.165, 1.54) is 25.7 Å². The van der Waals surface area contributed by atoms with Gasteiger partial charge in [0, 0.05) is 38.0 Å². The van der Waals surface area contributed by atoms with Crippen molar-refractivity contribution in [2.24, 2.45) is 5.92 Å². The number of likely N-dealkylation sites (tertiary alicyclic amines) is 1. The Labute approximate surface area is 156 Å². The van der Waals surface area contributed by atoms with E-state index in [0.29, 0.717) is 11.8 Å². The zero-order valence-electron chi connectivity index (χ0n) is 15.0. The van der Waals surface area contributed by atoms with Gasteiger partial charge in [-0.3, -0.25) is 4.79 Å². The molecular weight excluding hydrogens is 338 g/mol. The van der Waals surface area contributed by atoms with Crippen LogP contribution in [0.2, 0.25) is 0 Å². The number of aromatic nitrogens is 3. The van der Waals surface area contributed by atoms with Crippen LogP contribution >= 0.6 is 12.4 Å². The molecule has 1 aromatic heterocycles. The van der Waals surface area contributed by atoms with E-state index in [1.807, 2.05) is 0 Å². The highest BCUT2D eigenvalue weighted by atomic mass is 35.5. The van der Waals surface area contributed by atoms with E-state index >= 15 is 0 Å². The van der Waals surface area contributed by atoms with Crippen molar-refractivity contribution in [1.82, 2.24) is 25.0 Å². The summed E-state index contributed by atoms with van der Waals surface area (Å²) < 4.78 is 2.30. The number of nitrogens with zero attached hydrogens (tertiary/aromatic N) is 4. The summed E-state index contributed by atoms with van der Waals surface area (Å²) in [5.74, 6) is 3.38. The summed E-state index contributed by atoms with van der Waals surface area (Å²) in [6.07, 6.45) is 9.33. The van der Waals surface area contributed by atoms with Gasteiger partial charge in [-0.2, -0.15) is 0 Å². The zero-order valence-corrected chi connectivity index (χ0v) is 15.8. The van der Waals surface area contributed by atoms with E-state index < -0.39 is 0 Å². The van der Waals surface area contributed by atoms with E-state index in [0.717, 1.165) is 70.1 Å². The molecule has 2 fully saturated rings. The van der Waals surface area contributed by atoms with Gasteiger partial charge in [0.2, 0.25) is 5.91 Å². The molecule has 0 aromatic carbocycles. The maximum atomic E-state index is 12.8. The van der Waals surface area contributed by atoms with Crippen molar-refractivity contribution in [1.29, 1.82) is 0 Å². The number of rotatable bonds is 2. The molecule has 6 nitrogen and oxygen atoms in total. The van der Waals surface area contributed by atoms with Gasteiger partial charge in [0.25, 0.3) is 0 Å². The molecule has 0 radical (unpaired) electrons. The molecule has 0 unspecified atom stereocenters. The number of hydrogen-bond acceptors (Lipinski definition) is 4. The summed E-state index contributed by atoms with van der Waals surface area (Å²) in [5.41, 5.74) is 0. The average Bonchev–Trinajstić information content (AvgIpc) is 2.87. The van der Waals surface area contributed by atoms with Crippen LogP contribution in [-0.4, -0.2) is 45.2 Å². The van der Waals surface area contributed by atoms with Crippen molar-refractivity contribution in [3.8, 4) is 0 Å². The molecule has 3 heterocycles. The second-order valence-electron chi connectivity index (χ2n) is 7.59. The lowest BCUT2D eigenvalue weighted by molar-refractivity contribution is -0.137. The fraction of sp³-hybridized carbons (Fsp3) is 0.833. The number of nitrogens with one attached hydrogen (secondary N) is 1. The van der Waals surface area contributed by atoms with Crippen molar-refractivity contribution in [2.45, 2.75) is 70.4 Å². The van der Waals surface area contributed by atoms with Gasteiger partial charge in [0.05, 0.1) is 6.54 Å². The van der Waals surface area contributed by atoms with Crippen LogP contribution in [0.5, 0.6) is 0 Å². The van der Waals surface area contributed by atoms with E-state index in [1.54, 1.807) is 0 Å². The smallest absolute Gasteiger partial charge is 0.225 e. The van der Waals surface area contributed by atoms with E-state index in [4.69, 9.17) is 0 Å². The molecule has 4 rings (SSSR count). The Morgan fingerprint density at radius 2 is 1.68 bits per heavy atom. The lowest BCUT2D eigenvalue weighted by Gasteiger charge is -2.34. The first kappa shape index (κ1) is 18.6. The topological polar surface area (TPSA) is 63.1 Å². The average molecular weight is 368 g/mol. The van der Waals surface area contributed by atoms with Gasteiger partial charge < -0.3 is 14.8 Å². The van der Waals surface area contributed by atoms with Gasteiger partial charge in [0.1, 0.15) is 11.6 Å². The standard InChI is InChI=1S/C18H29N5O.ClH/c24-18(15-5-3-1-2-4-6-15)22-10-7-14(8-11-22)17-21-20-16-13-19-9-12-23(16)17;/h14-15,19H,1-13H2;1H. The van der Waals surface area contributed by atoms with Crippen molar-refractivity contribution in [3.63, 3.8) is 0 Å². The molecule has 140 valence electrons. The predicted molar refractivity (Wildman–Crippen MR) is 98.7 cm³/mol. The van der Waals surface area contributed by atoms with Crippen LogP contribution in [0.3, 0.4) is 0 Å². The molecule has 0 bridgehead atoms. The quantitative estimate of drug-likeness (QED) is 0.816. The second kappa shape index (κ2) is 8.49. The van der Waals surface area contributed by atoms with Crippen LogP contribution in [0.1, 0.15) is 68.9 Å². The van der Waals surface area contributed by atoms with E-state index in [-0.39, 0.29) is 18.3 Å². The molecule has 1 amide bonds. The largest absolute Gasteiger partial charge is 0.342 e. The Hall–Kier alpha value is -1.14. The van der Waals surface area contributed by atoms with Gasteiger partial charge in [-0.1, -0.05) is 25.7 Å². The SMILES string of the molecule is Cl.O=C(C1CCCCCC1)N1CCC(c2nnc3n2CCNC3)CC1. The Bertz CT molecular complexity index is 574. The fourth-order valence-corrected chi connectivity index (χ4v) is 4.56. The molecular formula is C18H30ClN5O. The lowest BCUT2D eigenvalue weighted by atomic mass is 9.93. The van der Waals surface area contributed by atoms with Gasteiger partial charge >= 0.3 is 0 Å². The molecule has 1 saturated heterocycles. The molecule has 1 aliphatic carbocycles. The summed E-state index contributed by atoms with van der Waals surface area (Å²) in [6, 6.07) is 0. The Balaban J connectivity index is 0.00000182. The van der Waals surface area contributed by atoms with Gasteiger partial charge in [-0.25, -0.2) is 0 Å². The van der Waals surface area contributed by atoms with Gasteiger partial charge in [0.15, 0.2) is 0 Å². The maximum absolute atomic E-state index is 12.8. The first-order valence-electron chi connectivity index (χ1n) is 9.74. The minimum absolute atomic E-state index is 0. The molecule has 1 aromatic rings. The second-order valence-corrected chi connectivity index (χ2v) is 7.59. The highest BCUT2D eigenvalue weighted by Crippen LogP contribution is 2.30. The molecule has 2 aliphatic heterocycles. The summed E-state index contributed by atoms with van der Waals surface area (Å²) in [6.45, 7) is 4.57. The van der Waals surface area contributed by atoms with Crippen molar-refractivity contribution >= 4 is 18.3 Å². The van der Waals surface area contributed by atoms with Gasteiger partial charge in [-0.05, 0) is 25.7 Å².